The third-order valence-corrected chi connectivity index (χ3v) is 1.63. The monoisotopic (exact) mass is 83.1 g/mol. The molecule has 0 bridgehead atoms. The van der Waals surface area contributed by atoms with Crippen molar-refractivity contribution in [3.63, 3.8) is 0 Å². The van der Waals surface area contributed by atoms with Crippen molar-refractivity contribution in [3.05, 3.63) is 0 Å². The highest BCUT2D eigenvalue weighted by atomic mass is 15.1. The fraction of sp³-hybridized carbons (Fsp3) is 1.00. The van der Waals surface area contributed by atoms with E-state index in [-0.39, 0.29) is 0 Å². The van der Waals surface area contributed by atoms with Crippen molar-refractivity contribution < 1.29 is 0 Å². The van der Waals surface area contributed by atoms with Gasteiger partial charge in [0.05, 0.1) is 0 Å². The maximum absolute atomic E-state index is 3.30. The second kappa shape index (κ2) is 0.784. The van der Waals surface area contributed by atoms with Gasteiger partial charge in [-0.3, -0.25) is 0 Å². The van der Waals surface area contributed by atoms with Gasteiger partial charge in [-0.05, 0) is 18.8 Å². The molecule has 1 heteroatoms. The van der Waals surface area contributed by atoms with Crippen LogP contribution in [-0.2, 0) is 0 Å². The van der Waals surface area contributed by atoms with Gasteiger partial charge in [0.1, 0.15) is 0 Å². The minimum absolute atomic E-state index is 0.963. The molecule has 0 spiro atoms. The van der Waals surface area contributed by atoms with Gasteiger partial charge >= 0.3 is 0 Å². The Morgan fingerprint density at radius 2 is 2.00 bits per heavy atom. The zero-order chi connectivity index (χ0) is 3.98. The molecule has 6 heavy (non-hydrogen) atoms. The highest BCUT2D eigenvalue weighted by Gasteiger charge is 2.37. The molecule has 34 valence electrons. The van der Waals surface area contributed by atoms with Gasteiger partial charge in [0.15, 0.2) is 0 Å². The Hall–Kier alpha value is -0.0400. The van der Waals surface area contributed by atoms with Crippen LogP contribution in [0.15, 0.2) is 0 Å². The van der Waals surface area contributed by atoms with Crippen molar-refractivity contribution in [2.24, 2.45) is 5.92 Å². The molecule has 1 aliphatic carbocycles. The normalized spacial score (nSPS) is 43.0. The first kappa shape index (κ1) is 3.03. The Bertz CT molecular complexity index is 52.3. The van der Waals surface area contributed by atoms with Gasteiger partial charge in [-0.15, -0.1) is 0 Å². The quantitative estimate of drug-likeness (QED) is 0.454. The van der Waals surface area contributed by atoms with E-state index in [9.17, 15) is 0 Å². The van der Waals surface area contributed by atoms with E-state index < -0.39 is 0 Å². The van der Waals surface area contributed by atoms with Crippen molar-refractivity contribution in [3.8, 4) is 0 Å². The van der Waals surface area contributed by atoms with E-state index in [1.54, 1.807) is 0 Å². The van der Waals surface area contributed by atoms with Crippen LogP contribution in [-0.4, -0.2) is 12.6 Å². The average molecular weight is 83.1 g/mol. The Labute approximate surface area is 37.7 Å². The molecular weight excluding hydrogens is 74.1 g/mol. The Morgan fingerprint density at radius 1 is 1.33 bits per heavy atom. The van der Waals surface area contributed by atoms with Crippen molar-refractivity contribution >= 4 is 0 Å². The number of nitrogens with one attached hydrogen (secondary N) is 1. The van der Waals surface area contributed by atoms with Gasteiger partial charge in [0.25, 0.3) is 0 Å². The van der Waals surface area contributed by atoms with Gasteiger partial charge in [0, 0.05) is 12.6 Å². The molecule has 2 fully saturated rings. The molecular formula is C5H9N. The Morgan fingerprint density at radius 3 is 2.17 bits per heavy atom. The van der Waals surface area contributed by atoms with Crippen LogP contribution < -0.4 is 5.32 Å². The van der Waals surface area contributed by atoms with Crippen LogP contribution in [0.25, 0.3) is 0 Å². The van der Waals surface area contributed by atoms with Crippen LogP contribution >= 0.6 is 0 Å². The SMILES string of the molecule is C1CC1[C@H]1CN1. The van der Waals surface area contributed by atoms with E-state index in [0.29, 0.717) is 0 Å². The van der Waals surface area contributed by atoms with Crippen LogP contribution in [0.4, 0.5) is 0 Å². The van der Waals surface area contributed by atoms with Crippen LogP contribution in [0.2, 0.25) is 0 Å². The molecule has 0 aromatic carbocycles. The number of hydrogen-bond donors (Lipinski definition) is 1. The van der Waals surface area contributed by atoms with E-state index in [1.165, 1.54) is 19.4 Å². The summed E-state index contributed by atoms with van der Waals surface area (Å²) in [5.41, 5.74) is 0. The third kappa shape index (κ3) is 0.350. The molecule has 0 radical (unpaired) electrons. The Kier molecular flexibility index (Phi) is 0.396. The second-order valence-electron chi connectivity index (χ2n) is 2.35. The predicted octanol–water partition coefficient (Wildman–Crippen LogP) is 0.368. The second-order valence-corrected chi connectivity index (χ2v) is 2.35. The van der Waals surface area contributed by atoms with Gasteiger partial charge in [-0.1, -0.05) is 0 Å². The van der Waals surface area contributed by atoms with Crippen molar-refractivity contribution in [2.45, 2.75) is 18.9 Å². The fourth-order valence-electron chi connectivity index (χ4n) is 0.900. The van der Waals surface area contributed by atoms with Gasteiger partial charge < -0.3 is 5.32 Å². The molecule has 2 aliphatic rings. The molecule has 1 nitrogen and oxygen atoms in total. The molecule has 1 saturated carbocycles. The smallest absolute Gasteiger partial charge is 0.0221 e. The number of hydrogen-bond acceptors (Lipinski definition) is 1. The third-order valence-electron chi connectivity index (χ3n) is 1.63. The molecule has 1 heterocycles. The molecule has 2 rings (SSSR count). The Balaban J connectivity index is 1.92. The van der Waals surface area contributed by atoms with Gasteiger partial charge in [-0.2, -0.15) is 0 Å². The first-order valence-corrected chi connectivity index (χ1v) is 2.70. The highest BCUT2D eigenvalue weighted by molar-refractivity contribution is 4.96. The summed E-state index contributed by atoms with van der Waals surface area (Å²) >= 11 is 0. The molecule has 0 aromatic heterocycles. The lowest BCUT2D eigenvalue weighted by Crippen LogP contribution is -1.89. The maximum atomic E-state index is 3.30. The van der Waals surface area contributed by atoms with Crippen LogP contribution in [0.5, 0.6) is 0 Å². The summed E-state index contributed by atoms with van der Waals surface area (Å²) in [7, 11) is 0. The molecule has 1 saturated heterocycles. The molecule has 0 amide bonds. The van der Waals surface area contributed by atoms with E-state index in [4.69, 9.17) is 0 Å². The van der Waals surface area contributed by atoms with Crippen LogP contribution in [0, 0.1) is 5.92 Å². The highest BCUT2D eigenvalue weighted by Crippen LogP contribution is 2.35. The molecule has 1 N–H and O–H groups in total. The lowest BCUT2D eigenvalue weighted by Gasteiger charge is -1.76. The summed E-state index contributed by atoms with van der Waals surface area (Å²) in [4.78, 5) is 0. The topological polar surface area (TPSA) is 21.9 Å². The summed E-state index contributed by atoms with van der Waals surface area (Å²) in [6.45, 7) is 1.31. The summed E-state index contributed by atoms with van der Waals surface area (Å²) in [6.07, 6.45) is 3.00. The summed E-state index contributed by atoms with van der Waals surface area (Å²) in [5.74, 6) is 1.10. The fourth-order valence-corrected chi connectivity index (χ4v) is 0.900. The van der Waals surface area contributed by atoms with Crippen LogP contribution in [0.1, 0.15) is 12.8 Å². The molecule has 0 unspecified atom stereocenters. The van der Waals surface area contributed by atoms with E-state index >= 15 is 0 Å². The van der Waals surface area contributed by atoms with Crippen molar-refractivity contribution in [2.75, 3.05) is 6.54 Å². The lowest BCUT2D eigenvalue weighted by molar-refractivity contribution is 0.808. The van der Waals surface area contributed by atoms with Crippen molar-refractivity contribution in [1.82, 2.24) is 5.32 Å². The molecule has 0 aromatic rings. The van der Waals surface area contributed by atoms with E-state index in [1.807, 2.05) is 0 Å². The first-order valence-electron chi connectivity index (χ1n) is 2.70. The molecule has 1 atom stereocenters. The van der Waals surface area contributed by atoms with Gasteiger partial charge in [-0.25, -0.2) is 0 Å². The first-order chi connectivity index (χ1) is 2.97. The predicted molar refractivity (Wildman–Crippen MR) is 24.5 cm³/mol. The van der Waals surface area contributed by atoms with E-state index in [0.717, 1.165) is 12.0 Å². The van der Waals surface area contributed by atoms with Gasteiger partial charge in [0.2, 0.25) is 0 Å². The summed E-state index contributed by atoms with van der Waals surface area (Å²) in [6, 6.07) is 0.963. The minimum Gasteiger partial charge on any atom is -0.311 e. The minimum atomic E-state index is 0.963. The van der Waals surface area contributed by atoms with E-state index in [2.05, 4.69) is 5.32 Å². The lowest BCUT2D eigenvalue weighted by atomic mass is 10.3. The largest absolute Gasteiger partial charge is 0.311 e. The standard InChI is InChI=1S/C5H9N/c1-2-4(1)5-3-6-5/h4-6H,1-3H2/t5-/m1/s1. The zero-order valence-electron chi connectivity index (χ0n) is 3.78. The average Bonchev–Trinajstić information content (AvgIpc) is 2.26. The number of rotatable bonds is 1. The van der Waals surface area contributed by atoms with Crippen LogP contribution in [0.3, 0.4) is 0 Å². The molecule has 1 aliphatic heterocycles. The maximum Gasteiger partial charge on any atom is 0.0221 e. The zero-order valence-corrected chi connectivity index (χ0v) is 3.78. The van der Waals surface area contributed by atoms with Crippen molar-refractivity contribution in [1.29, 1.82) is 0 Å². The summed E-state index contributed by atoms with van der Waals surface area (Å²) < 4.78 is 0. The summed E-state index contributed by atoms with van der Waals surface area (Å²) in [5, 5.41) is 3.30.